The molecule has 1 aromatic carbocycles. The van der Waals surface area contributed by atoms with E-state index in [9.17, 15) is 12.8 Å². The Balaban J connectivity index is 2.06. The van der Waals surface area contributed by atoms with Gasteiger partial charge in [0, 0.05) is 19.9 Å². The lowest BCUT2D eigenvalue weighted by molar-refractivity contribution is 0.387. The monoisotopic (exact) mass is 300 g/mol. The van der Waals surface area contributed by atoms with E-state index >= 15 is 0 Å². The van der Waals surface area contributed by atoms with Crippen LogP contribution in [0.1, 0.15) is 11.7 Å². The lowest BCUT2D eigenvalue weighted by Gasteiger charge is -2.08. The summed E-state index contributed by atoms with van der Waals surface area (Å²) in [5.41, 5.74) is 5.52. The third-order valence-corrected chi connectivity index (χ3v) is 3.99. The fourth-order valence-electron chi connectivity index (χ4n) is 1.56. The van der Waals surface area contributed by atoms with Crippen molar-refractivity contribution < 1.29 is 17.3 Å². The predicted octanol–water partition coefficient (Wildman–Crippen LogP) is 0.620. The molecule has 2 rings (SSSR count). The normalized spacial score (nSPS) is 11.7. The van der Waals surface area contributed by atoms with E-state index in [4.69, 9.17) is 10.3 Å². The van der Waals surface area contributed by atoms with Crippen molar-refractivity contribution in [2.75, 3.05) is 12.3 Å². The second-order valence-corrected chi connectivity index (χ2v) is 5.79. The number of aromatic nitrogens is 2. The van der Waals surface area contributed by atoms with Gasteiger partial charge in [0.2, 0.25) is 15.9 Å². The van der Waals surface area contributed by atoms with E-state index in [-0.39, 0.29) is 23.5 Å². The number of nitrogens with one attached hydrogen (secondary N) is 1. The summed E-state index contributed by atoms with van der Waals surface area (Å²) in [5.74, 6) is 0.114. The van der Waals surface area contributed by atoms with Gasteiger partial charge in [-0.1, -0.05) is 5.16 Å². The van der Waals surface area contributed by atoms with Crippen LogP contribution < -0.4 is 10.5 Å². The molecule has 0 unspecified atom stereocenters. The van der Waals surface area contributed by atoms with Crippen molar-refractivity contribution in [2.24, 2.45) is 0 Å². The number of halogens is 1. The molecule has 0 aliphatic heterocycles. The van der Waals surface area contributed by atoms with E-state index in [0.29, 0.717) is 11.7 Å². The maximum Gasteiger partial charge on any atom is 0.242 e. The average molecular weight is 300 g/mol. The fourth-order valence-corrected chi connectivity index (χ4v) is 2.73. The fraction of sp³-hybridized carbons (Fsp3) is 0.273. The minimum Gasteiger partial charge on any atom is -0.398 e. The van der Waals surface area contributed by atoms with Crippen LogP contribution in [0.25, 0.3) is 0 Å². The first kappa shape index (κ1) is 14.4. The van der Waals surface area contributed by atoms with E-state index in [1.165, 1.54) is 6.07 Å². The molecule has 0 radical (unpaired) electrons. The SMILES string of the molecule is Cc1nc(CCNS(=O)(=O)c2cc(F)ccc2N)no1. The molecule has 0 aliphatic carbocycles. The molecule has 3 N–H and O–H groups in total. The highest BCUT2D eigenvalue weighted by atomic mass is 32.2. The first-order chi connectivity index (χ1) is 9.38. The molecule has 0 spiro atoms. The van der Waals surface area contributed by atoms with E-state index in [1.54, 1.807) is 6.92 Å². The van der Waals surface area contributed by atoms with Gasteiger partial charge in [0.25, 0.3) is 0 Å². The zero-order valence-electron chi connectivity index (χ0n) is 10.6. The van der Waals surface area contributed by atoms with E-state index < -0.39 is 15.8 Å². The van der Waals surface area contributed by atoms with Crippen LogP contribution in [0.4, 0.5) is 10.1 Å². The molecule has 0 aliphatic rings. The van der Waals surface area contributed by atoms with Crippen LogP contribution in [-0.4, -0.2) is 25.1 Å². The molecule has 108 valence electrons. The van der Waals surface area contributed by atoms with Gasteiger partial charge < -0.3 is 10.3 Å². The van der Waals surface area contributed by atoms with Crippen molar-refractivity contribution in [1.82, 2.24) is 14.9 Å². The highest BCUT2D eigenvalue weighted by Gasteiger charge is 2.18. The van der Waals surface area contributed by atoms with Gasteiger partial charge in [0.15, 0.2) is 5.82 Å². The molecule has 0 amide bonds. The largest absolute Gasteiger partial charge is 0.398 e. The maximum absolute atomic E-state index is 13.1. The molecule has 0 bridgehead atoms. The Hall–Kier alpha value is -2.00. The lowest BCUT2D eigenvalue weighted by atomic mass is 10.3. The number of nitrogens with two attached hydrogens (primary N) is 1. The van der Waals surface area contributed by atoms with Gasteiger partial charge in [-0.3, -0.25) is 0 Å². The van der Waals surface area contributed by atoms with Crippen molar-refractivity contribution in [1.29, 1.82) is 0 Å². The van der Waals surface area contributed by atoms with Crippen molar-refractivity contribution in [3.05, 3.63) is 35.7 Å². The molecular weight excluding hydrogens is 287 g/mol. The standard InChI is InChI=1S/C11H13FN4O3S/c1-7-15-11(16-19-7)4-5-14-20(17,18)10-6-8(12)2-3-9(10)13/h2-3,6,14H,4-5,13H2,1H3. The number of hydrogen-bond acceptors (Lipinski definition) is 6. The number of sulfonamides is 1. The first-order valence-corrected chi connectivity index (χ1v) is 7.21. The number of anilines is 1. The summed E-state index contributed by atoms with van der Waals surface area (Å²) in [6.07, 6.45) is 0.256. The molecular formula is C11H13FN4O3S. The van der Waals surface area contributed by atoms with Crippen LogP contribution in [-0.2, 0) is 16.4 Å². The van der Waals surface area contributed by atoms with Crippen molar-refractivity contribution >= 4 is 15.7 Å². The van der Waals surface area contributed by atoms with Crippen LogP contribution in [0.3, 0.4) is 0 Å². The van der Waals surface area contributed by atoms with Crippen LogP contribution in [0.5, 0.6) is 0 Å². The summed E-state index contributed by atoms with van der Waals surface area (Å²) in [7, 11) is -3.88. The van der Waals surface area contributed by atoms with Gasteiger partial charge in [0.05, 0.1) is 5.69 Å². The molecule has 20 heavy (non-hydrogen) atoms. The summed E-state index contributed by atoms with van der Waals surface area (Å²) in [6.45, 7) is 1.69. The second kappa shape index (κ2) is 5.55. The Morgan fingerprint density at radius 3 is 2.85 bits per heavy atom. The van der Waals surface area contributed by atoms with E-state index in [0.717, 1.165) is 12.1 Å². The molecule has 7 nitrogen and oxygen atoms in total. The lowest BCUT2D eigenvalue weighted by Crippen LogP contribution is -2.27. The smallest absolute Gasteiger partial charge is 0.242 e. The number of rotatable bonds is 5. The van der Waals surface area contributed by atoms with Gasteiger partial charge in [-0.05, 0) is 18.2 Å². The van der Waals surface area contributed by atoms with Crippen LogP contribution in [0, 0.1) is 12.7 Å². The maximum atomic E-state index is 13.1. The van der Waals surface area contributed by atoms with Crippen molar-refractivity contribution in [3.8, 4) is 0 Å². The Morgan fingerprint density at radius 2 is 2.20 bits per heavy atom. The molecule has 2 aromatic rings. The number of nitrogen functional groups attached to an aromatic ring is 1. The minimum atomic E-state index is -3.88. The summed E-state index contributed by atoms with van der Waals surface area (Å²) < 4.78 is 44.1. The van der Waals surface area contributed by atoms with Gasteiger partial charge in [-0.15, -0.1) is 0 Å². The molecule has 0 atom stereocenters. The Labute approximate surface area is 115 Å². The summed E-state index contributed by atoms with van der Waals surface area (Å²) >= 11 is 0. The second-order valence-electron chi connectivity index (χ2n) is 4.06. The average Bonchev–Trinajstić information content (AvgIpc) is 2.78. The van der Waals surface area contributed by atoms with Crippen LogP contribution in [0.15, 0.2) is 27.6 Å². The summed E-state index contributed by atoms with van der Waals surface area (Å²) in [5, 5.41) is 3.63. The molecule has 0 saturated carbocycles. The van der Waals surface area contributed by atoms with Crippen LogP contribution in [0.2, 0.25) is 0 Å². The van der Waals surface area contributed by atoms with Gasteiger partial charge in [-0.2, -0.15) is 4.98 Å². The van der Waals surface area contributed by atoms with Crippen molar-refractivity contribution in [2.45, 2.75) is 18.2 Å². The first-order valence-electron chi connectivity index (χ1n) is 5.72. The molecule has 1 heterocycles. The predicted molar refractivity (Wildman–Crippen MR) is 68.7 cm³/mol. The quantitative estimate of drug-likeness (QED) is 0.783. The molecule has 0 fully saturated rings. The molecule has 1 aromatic heterocycles. The number of aryl methyl sites for hydroxylation is 1. The van der Waals surface area contributed by atoms with E-state index in [1.807, 2.05) is 0 Å². The third kappa shape index (κ3) is 3.31. The summed E-state index contributed by atoms with van der Waals surface area (Å²) in [4.78, 5) is 3.65. The summed E-state index contributed by atoms with van der Waals surface area (Å²) in [6, 6.07) is 3.17. The van der Waals surface area contributed by atoms with Gasteiger partial charge in [0.1, 0.15) is 10.7 Å². The highest BCUT2D eigenvalue weighted by Crippen LogP contribution is 2.18. The topological polar surface area (TPSA) is 111 Å². The number of nitrogens with zero attached hydrogens (tertiary/aromatic N) is 2. The molecule has 0 saturated heterocycles. The Morgan fingerprint density at radius 1 is 1.45 bits per heavy atom. The minimum absolute atomic E-state index is 0.0192. The zero-order chi connectivity index (χ0) is 14.8. The number of hydrogen-bond donors (Lipinski definition) is 2. The Bertz CT molecular complexity index is 714. The Kier molecular flexibility index (Phi) is 4.00. The van der Waals surface area contributed by atoms with Crippen molar-refractivity contribution in [3.63, 3.8) is 0 Å². The van der Waals surface area contributed by atoms with E-state index in [2.05, 4.69) is 14.9 Å². The third-order valence-electron chi connectivity index (χ3n) is 2.48. The highest BCUT2D eigenvalue weighted by molar-refractivity contribution is 7.89. The van der Waals surface area contributed by atoms with Crippen LogP contribution >= 0.6 is 0 Å². The number of benzene rings is 1. The zero-order valence-corrected chi connectivity index (χ0v) is 11.4. The molecule has 9 heteroatoms. The van der Waals surface area contributed by atoms with Gasteiger partial charge in [-0.25, -0.2) is 17.5 Å². The van der Waals surface area contributed by atoms with Gasteiger partial charge >= 0.3 is 0 Å².